The van der Waals surface area contributed by atoms with Crippen LogP contribution in [0.1, 0.15) is 49.9 Å². The van der Waals surface area contributed by atoms with E-state index in [9.17, 15) is 9.59 Å². The van der Waals surface area contributed by atoms with Crippen LogP contribution in [0, 0.1) is 11.8 Å². The molecule has 3 fully saturated rings. The first kappa shape index (κ1) is 21.2. The largest absolute Gasteiger partial charge is 0.360 e. The van der Waals surface area contributed by atoms with Crippen molar-refractivity contribution >= 4 is 11.8 Å². The zero-order chi connectivity index (χ0) is 22.2. The van der Waals surface area contributed by atoms with Crippen LogP contribution in [0.3, 0.4) is 0 Å². The van der Waals surface area contributed by atoms with Gasteiger partial charge < -0.3 is 19.3 Å². The molecule has 172 valence electrons. The molecule has 32 heavy (non-hydrogen) atoms. The van der Waals surface area contributed by atoms with Gasteiger partial charge in [0.25, 0.3) is 0 Å². The molecule has 1 N–H and O–H groups in total. The molecule has 3 saturated heterocycles. The summed E-state index contributed by atoms with van der Waals surface area (Å²) in [6.07, 6.45) is 7.73. The molecule has 0 saturated carbocycles. The molecule has 2 amide bonds. The molecule has 3 aliphatic heterocycles. The Morgan fingerprint density at radius 3 is 2.94 bits per heavy atom. The summed E-state index contributed by atoms with van der Waals surface area (Å²) in [7, 11) is 1.81. The van der Waals surface area contributed by atoms with Gasteiger partial charge in [0.15, 0.2) is 5.76 Å². The maximum atomic E-state index is 13.7. The minimum atomic E-state index is -0.409. The number of hydrogen-bond acceptors (Lipinski definition) is 6. The number of amides is 2. The summed E-state index contributed by atoms with van der Waals surface area (Å²) in [5.41, 5.74) is 0.967. The highest BCUT2D eigenvalue weighted by Gasteiger charge is 2.52. The van der Waals surface area contributed by atoms with Gasteiger partial charge >= 0.3 is 0 Å². The Bertz CT molecular complexity index is 957. The SMILES string of the molecule is CCc1cc(CN2C[C@@H]3C[C@H](C2)[C@H](C(=O)N(C)Cc2ncc[nH]2)N2C(=O)CCC[C@@H]32)on1. The Balaban J connectivity index is 1.38. The Labute approximate surface area is 188 Å². The van der Waals surface area contributed by atoms with Crippen molar-refractivity contribution < 1.29 is 14.1 Å². The lowest BCUT2D eigenvalue weighted by atomic mass is 9.71. The molecule has 2 aromatic heterocycles. The second kappa shape index (κ2) is 8.69. The molecule has 0 spiro atoms. The maximum Gasteiger partial charge on any atom is 0.245 e. The lowest BCUT2D eigenvalue weighted by Crippen LogP contribution is -2.68. The van der Waals surface area contributed by atoms with Crippen LogP contribution in [0.5, 0.6) is 0 Å². The number of rotatable bonds is 6. The van der Waals surface area contributed by atoms with Crippen LogP contribution in [0.4, 0.5) is 0 Å². The fourth-order valence-electron chi connectivity index (χ4n) is 5.93. The van der Waals surface area contributed by atoms with E-state index in [-0.39, 0.29) is 23.8 Å². The number of nitrogens with zero attached hydrogens (tertiary/aromatic N) is 5. The van der Waals surface area contributed by atoms with Crippen molar-refractivity contribution in [3.63, 3.8) is 0 Å². The third kappa shape index (κ3) is 3.94. The van der Waals surface area contributed by atoms with Crippen molar-refractivity contribution in [2.24, 2.45) is 11.8 Å². The van der Waals surface area contributed by atoms with Crippen LogP contribution in [0.2, 0.25) is 0 Å². The van der Waals surface area contributed by atoms with Gasteiger partial charge in [-0.3, -0.25) is 14.5 Å². The van der Waals surface area contributed by atoms with Crippen LogP contribution < -0.4 is 0 Å². The smallest absolute Gasteiger partial charge is 0.245 e. The second-order valence-electron chi connectivity index (χ2n) is 9.52. The molecular formula is C23H32N6O3. The van der Waals surface area contributed by atoms with Crippen molar-refractivity contribution in [2.75, 3.05) is 20.1 Å². The number of aromatic amines is 1. The van der Waals surface area contributed by atoms with E-state index in [1.807, 2.05) is 18.0 Å². The van der Waals surface area contributed by atoms with Crippen molar-refractivity contribution in [3.05, 3.63) is 35.7 Å². The average molecular weight is 441 g/mol. The number of aromatic nitrogens is 3. The number of piperidine rings is 3. The number of fused-ring (bicyclic) bond motifs is 4. The first-order valence-electron chi connectivity index (χ1n) is 11.7. The summed E-state index contributed by atoms with van der Waals surface area (Å²) >= 11 is 0. The summed E-state index contributed by atoms with van der Waals surface area (Å²) in [5.74, 6) is 2.28. The van der Waals surface area contributed by atoms with Gasteiger partial charge in [-0.25, -0.2) is 4.98 Å². The topological polar surface area (TPSA) is 98.6 Å². The lowest BCUT2D eigenvalue weighted by molar-refractivity contribution is -0.165. The second-order valence-corrected chi connectivity index (χ2v) is 9.52. The number of imidazole rings is 1. The highest BCUT2D eigenvalue weighted by Crippen LogP contribution is 2.42. The molecule has 3 aliphatic rings. The van der Waals surface area contributed by atoms with Crippen LogP contribution in [-0.2, 0) is 29.1 Å². The first-order valence-corrected chi connectivity index (χ1v) is 11.7. The average Bonchev–Trinajstić information content (AvgIpc) is 3.46. The van der Waals surface area contributed by atoms with E-state index in [1.165, 1.54) is 0 Å². The van der Waals surface area contributed by atoms with Gasteiger partial charge in [0.2, 0.25) is 11.8 Å². The number of nitrogens with one attached hydrogen (secondary N) is 1. The van der Waals surface area contributed by atoms with Gasteiger partial charge in [-0.1, -0.05) is 12.1 Å². The predicted molar refractivity (Wildman–Crippen MR) is 116 cm³/mol. The highest BCUT2D eigenvalue weighted by atomic mass is 16.5. The number of carbonyl (C=O) groups excluding carboxylic acids is 2. The number of H-pyrrole nitrogens is 1. The van der Waals surface area contributed by atoms with E-state index >= 15 is 0 Å². The molecule has 5 rings (SSSR count). The molecule has 9 nitrogen and oxygen atoms in total. The summed E-state index contributed by atoms with van der Waals surface area (Å²) < 4.78 is 5.53. The quantitative estimate of drug-likeness (QED) is 0.736. The van der Waals surface area contributed by atoms with Crippen LogP contribution in [-0.4, -0.2) is 73.9 Å². The molecule has 0 unspecified atom stereocenters. The van der Waals surface area contributed by atoms with Crippen molar-refractivity contribution in [1.29, 1.82) is 0 Å². The Hall–Kier alpha value is -2.68. The third-order valence-electron chi connectivity index (χ3n) is 7.34. The number of aryl methyl sites for hydroxylation is 1. The van der Waals surface area contributed by atoms with Crippen LogP contribution in [0.25, 0.3) is 0 Å². The van der Waals surface area contributed by atoms with Crippen molar-refractivity contribution in [1.82, 2.24) is 29.8 Å². The van der Waals surface area contributed by atoms with E-state index in [0.717, 1.165) is 56.1 Å². The van der Waals surface area contributed by atoms with Gasteiger partial charge in [-0.05, 0) is 31.6 Å². The Kier molecular flexibility index (Phi) is 5.75. The molecule has 5 heterocycles. The van der Waals surface area contributed by atoms with E-state index in [2.05, 4.69) is 26.9 Å². The van der Waals surface area contributed by atoms with Crippen LogP contribution in [0.15, 0.2) is 23.0 Å². The summed E-state index contributed by atoms with van der Waals surface area (Å²) in [6.45, 7) is 4.88. The number of hydrogen-bond donors (Lipinski definition) is 1. The molecular weight excluding hydrogens is 408 g/mol. The summed E-state index contributed by atoms with van der Waals surface area (Å²) in [4.78, 5) is 40.1. The van der Waals surface area contributed by atoms with E-state index in [1.54, 1.807) is 17.3 Å². The zero-order valence-corrected chi connectivity index (χ0v) is 18.9. The fourth-order valence-corrected chi connectivity index (χ4v) is 5.93. The van der Waals surface area contributed by atoms with Gasteiger partial charge in [0.05, 0.1) is 18.8 Å². The standard InChI is InChI=1S/C23H32N6O3/c1-3-17-10-18(32-26-17)13-28-11-15-9-16(12-28)22(29-19(15)5-4-6-21(29)30)23(31)27(2)14-20-24-7-8-25-20/h7-8,10,15-16,19,22H,3-6,9,11-14H2,1-2H3,(H,24,25)/t15-,16+,19-,22+/m0/s1. The summed E-state index contributed by atoms with van der Waals surface area (Å²) in [5, 5.41) is 4.13. The highest BCUT2D eigenvalue weighted by molar-refractivity contribution is 5.89. The van der Waals surface area contributed by atoms with Gasteiger partial charge in [-0.2, -0.15) is 0 Å². The lowest BCUT2D eigenvalue weighted by Gasteiger charge is -2.56. The molecule has 2 bridgehead atoms. The molecule has 4 atom stereocenters. The maximum absolute atomic E-state index is 13.7. The van der Waals surface area contributed by atoms with Crippen LogP contribution >= 0.6 is 0 Å². The minimum Gasteiger partial charge on any atom is -0.360 e. The Morgan fingerprint density at radius 1 is 1.34 bits per heavy atom. The van der Waals surface area contributed by atoms with Crippen molar-refractivity contribution in [3.8, 4) is 0 Å². The van der Waals surface area contributed by atoms with E-state index in [0.29, 0.717) is 25.4 Å². The molecule has 0 radical (unpaired) electrons. The number of likely N-dealkylation sites (N-methyl/N-ethyl adjacent to an activating group) is 1. The third-order valence-corrected chi connectivity index (χ3v) is 7.34. The van der Waals surface area contributed by atoms with E-state index in [4.69, 9.17) is 4.52 Å². The van der Waals surface area contributed by atoms with Gasteiger partial charge in [-0.15, -0.1) is 0 Å². The Morgan fingerprint density at radius 2 is 2.19 bits per heavy atom. The van der Waals surface area contributed by atoms with Crippen molar-refractivity contribution in [2.45, 2.75) is 64.2 Å². The van der Waals surface area contributed by atoms with E-state index < -0.39 is 6.04 Å². The predicted octanol–water partition coefficient (Wildman–Crippen LogP) is 1.82. The molecule has 0 aliphatic carbocycles. The zero-order valence-electron chi connectivity index (χ0n) is 18.9. The minimum absolute atomic E-state index is 0.0138. The molecule has 2 aromatic rings. The summed E-state index contributed by atoms with van der Waals surface area (Å²) in [6, 6.07) is 1.76. The monoisotopic (exact) mass is 440 g/mol. The fraction of sp³-hybridized carbons (Fsp3) is 0.652. The molecule has 0 aromatic carbocycles. The van der Waals surface area contributed by atoms with Gasteiger partial charge in [0.1, 0.15) is 11.9 Å². The first-order chi connectivity index (χ1) is 15.5. The van der Waals surface area contributed by atoms with Gasteiger partial charge in [0, 0.05) is 57.0 Å². The number of carbonyl (C=O) groups is 2. The molecule has 9 heteroatoms. The normalized spacial score (nSPS) is 27.9. The number of likely N-dealkylation sites (tertiary alicyclic amines) is 1.